The molecule has 3 aromatic heterocycles. The fraction of sp³-hybridized carbons (Fsp3) is 0.0909. The molecule has 31 heavy (non-hydrogen) atoms. The third kappa shape index (κ3) is 3.75. The maximum Gasteiger partial charge on any atom is 0.258 e. The number of rotatable bonds is 5. The molecule has 2 aromatic carbocycles. The third-order valence-corrected chi connectivity index (χ3v) is 5.98. The van der Waals surface area contributed by atoms with E-state index in [-0.39, 0.29) is 5.56 Å². The largest absolute Gasteiger partial charge is 0.469 e. The van der Waals surface area contributed by atoms with Gasteiger partial charge in [-0.25, -0.2) is 4.98 Å². The van der Waals surface area contributed by atoms with E-state index in [1.54, 1.807) is 24.5 Å². The first kappa shape index (κ1) is 19.6. The van der Waals surface area contributed by atoms with Crippen molar-refractivity contribution in [3.63, 3.8) is 0 Å². The van der Waals surface area contributed by atoms with Crippen LogP contribution in [0.15, 0.2) is 75.2 Å². The molecule has 5 aromatic rings. The quantitative estimate of drug-likeness (QED) is 0.379. The minimum atomic E-state index is -0.220. The van der Waals surface area contributed by atoms with Crippen molar-refractivity contribution in [3.8, 4) is 17.1 Å². The van der Waals surface area contributed by atoms with E-state index in [2.05, 4.69) is 20.2 Å². The summed E-state index contributed by atoms with van der Waals surface area (Å²) in [6.45, 7) is 1.89. The number of aryl methyl sites for hydroxylation is 1. The van der Waals surface area contributed by atoms with Gasteiger partial charge in [-0.05, 0) is 43.3 Å². The molecule has 0 bridgehead atoms. The molecule has 0 saturated heterocycles. The van der Waals surface area contributed by atoms with E-state index >= 15 is 0 Å². The molecule has 0 radical (unpaired) electrons. The van der Waals surface area contributed by atoms with Crippen LogP contribution in [0.4, 0.5) is 0 Å². The summed E-state index contributed by atoms with van der Waals surface area (Å²) in [4.78, 5) is 19.8. The van der Waals surface area contributed by atoms with Gasteiger partial charge in [-0.1, -0.05) is 41.6 Å². The number of halogens is 1. The highest BCUT2D eigenvalue weighted by Gasteiger charge is 2.19. The summed E-state index contributed by atoms with van der Waals surface area (Å²) in [5.74, 6) is 2.42. The van der Waals surface area contributed by atoms with Gasteiger partial charge < -0.3 is 9.40 Å². The van der Waals surface area contributed by atoms with Crippen molar-refractivity contribution in [2.45, 2.75) is 17.8 Å². The van der Waals surface area contributed by atoms with Crippen molar-refractivity contribution in [1.29, 1.82) is 0 Å². The molecule has 5 rings (SSSR count). The number of nitrogens with one attached hydrogen (secondary N) is 1. The van der Waals surface area contributed by atoms with Crippen LogP contribution in [0.1, 0.15) is 11.6 Å². The van der Waals surface area contributed by atoms with Crippen LogP contribution >= 0.6 is 23.4 Å². The third-order valence-electron chi connectivity index (χ3n) is 4.80. The first-order valence-electron chi connectivity index (χ1n) is 9.47. The SMILES string of the molecule is Cc1occc1-c1nnc(SCc2nc3ccc(Cl)cc3c(=O)[nH]2)n1-c1ccccc1. The molecule has 0 aliphatic rings. The lowest BCUT2D eigenvalue weighted by molar-refractivity contribution is 0.535. The number of fused-ring (bicyclic) bond motifs is 1. The van der Waals surface area contributed by atoms with Gasteiger partial charge in [-0.2, -0.15) is 0 Å². The van der Waals surface area contributed by atoms with Gasteiger partial charge in [0, 0.05) is 10.7 Å². The molecule has 0 aliphatic heterocycles. The Bertz CT molecular complexity index is 1440. The van der Waals surface area contributed by atoms with Crippen molar-refractivity contribution in [2.75, 3.05) is 0 Å². The molecular weight excluding hydrogens is 434 g/mol. The molecule has 0 amide bonds. The number of benzene rings is 2. The minimum Gasteiger partial charge on any atom is -0.469 e. The molecular formula is C22H16ClN5O2S. The van der Waals surface area contributed by atoms with Crippen molar-refractivity contribution in [2.24, 2.45) is 0 Å². The van der Waals surface area contributed by atoms with Gasteiger partial charge in [0.05, 0.1) is 28.5 Å². The fourth-order valence-corrected chi connectivity index (χ4v) is 4.32. The molecule has 0 aliphatic carbocycles. The number of aromatic nitrogens is 5. The average Bonchev–Trinajstić information content (AvgIpc) is 3.39. The lowest BCUT2D eigenvalue weighted by atomic mass is 10.2. The molecule has 3 heterocycles. The van der Waals surface area contributed by atoms with E-state index in [0.717, 1.165) is 17.0 Å². The first-order chi connectivity index (χ1) is 15.1. The van der Waals surface area contributed by atoms with Gasteiger partial charge in [0.2, 0.25) is 0 Å². The van der Waals surface area contributed by atoms with Crippen LogP contribution in [0.3, 0.4) is 0 Å². The molecule has 0 atom stereocenters. The second-order valence-electron chi connectivity index (χ2n) is 6.83. The van der Waals surface area contributed by atoms with E-state index in [1.165, 1.54) is 11.8 Å². The topological polar surface area (TPSA) is 89.6 Å². The summed E-state index contributed by atoms with van der Waals surface area (Å²) in [7, 11) is 0. The lowest BCUT2D eigenvalue weighted by Gasteiger charge is -2.10. The Balaban J connectivity index is 1.52. The molecule has 0 saturated carbocycles. The molecule has 0 fully saturated rings. The number of hydrogen-bond acceptors (Lipinski definition) is 6. The van der Waals surface area contributed by atoms with E-state index in [4.69, 9.17) is 16.0 Å². The van der Waals surface area contributed by atoms with Crippen LogP contribution in [0.25, 0.3) is 28.0 Å². The number of H-pyrrole nitrogens is 1. The van der Waals surface area contributed by atoms with Gasteiger partial charge in [0.15, 0.2) is 11.0 Å². The zero-order chi connectivity index (χ0) is 21.4. The number of aromatic amines is 1. The maximum absolute atomic E-state index is 12.4. The van der Waals surface area contributed by atoms with Crippen molar-refractivity contribution >= 4 is 34.3 Å². The van der Waals surface area contributed by atoms with Gasteiger partial charge >= 0.3 is 0 Å². The van der Waals surface area contributed by atoms with Gasteiger partial charge in [-0.15, -0.1) is 10.2 Å². The fourth-order valence-electron chi connectivity index (χ4n) is 3.33. The smallest absolute Gasteiger partial charge is 0.258 e. The Hall–Kier alpha value is -3.36. The number of para-hydroxylation sites is 1. The van der Waals surface area contributed by atoms with Gasteiger partial charge in [0.25, 0.3) is 5.56 Å². The number of furan rings is 1. The van der Waals surface area contributed by atoms with Crippen LogP contribution in [0.2, 0.25) is 5.02 Å². The zero-order valence-corrected chi connectivity index (χ0v) is 17.9. The van der Waals surface area contributed by atoms with Crippen LogP contribution in [-0.4, -0.2) is 24.7 Å². The first-order valence-corrected chi connectivity index (χ1v) is 10.8. The predicted molar refractivity (Wildman–Crippen MR) is 121 cm³/mol. The van der Waals surface area contributed by atoms with E-state index in [9.17, 15) is 4.79 Å². The summed E-state index contributed by atoms with van der Waals surface area (Å²) in [5, 5.41) is 10.5. The maximum atomic E-state index is 12.4. The summed E-state index contributed by atoms with van der Waals surface area (Å²) < 4.78 is 7.44. The Morgan fingerprint density at radius 2 is 1.97 bits per heavy atom. The Morgan fingerprint density at radius 3 is 2.74 bits per heavy atom. The summed E-state index contributed by atoms with van der Waals surface area (Å²) in [6, 6.07) is 16.8. The van der Waals surface area contributed by atoms with Crippen LogP contribution in [-0.2, 0) is 5.75 Å². The van der Waals surface area contributed by atoms with Crippen LogP contribution in [0, 0.1) is 6.92 Å². The minimum absolute atomic E-state index is 0.220. The lowest BCUT2D eigenvalue weighted by Crippen LogP contribution is -2.11. The second-order valence-corrected chi connectivity index (χ2v) is 8.21. The van der Waals surface area contributed by atoms with Crippen molar-refractivity contribution in [3.05, 3.63) is 87.8 Å². The molecule has 0 unspecified atom stereocenters. The highest BCUT2D eigenvalue weighted by Crippen LogP contribution is 2.31. The number of hydrogen-bond donors (Lipinski definition) is 1. The highest BCUT2D eigenvalue weighted by molar-refractivity contribution is 7.98. The Labute approximate surface area is 186 Å². The zero-order valence-electron chi connectivity index (χ0n) is 16.4. The number of thioether (sulfide) groups is 1. The summed E-state index contributed by atoms with van der Waals surface area (Å²) in [6.07, 6.45) is 1.64. The predicted octanol–water partition coefficient (Wildman–Crippen LogP) is 5.02. The summed E-state index contributed by atoms with van der Waals surface area (Å²) >= 11 is 7.43. The average molecular weight is 450 g/mol. The molecule has 0 spiro atoms. The highest BCUT2D eigenvalue weighted by atomic mass is 35.5. The van der Waals surface area contributed by atoms with Crippen LogP contribution in [0.5, 0.6) is 0 Å². The summed E-state index contributed by atoms with van der Waals surface area (Å²) in [5.41, 5.74) is 2.18. The monoisotopic (exact) mass is 449 g/mol. The molecule has 154 valence electrons. The Kier molecular flexibility index (Phi) is 5.09. The van der Waals surface area contributed by atoms with E-state index in [0.29, 0.717) is 38.5 Å². The van der Waals surface area contributed by atoms with Gasteiger partial charge in [-0.3, -0.25) is 9.36 Å². The normalized spacial score (nSPS) is 11.3. The standard InChI is InChI=1S/C22H16ClN5O2S/c1-13-16(9-10-30-13)20-26-27-22(28(20)15-5-3-2-4-6-15)31-12-19-24-18-8-7-14(23)11-17(18)21(29)25-19/h2-11H,12H2,1H3,(H,24,25,29). The van der Waals surface area contributed by atoms with E-state index in [1.807, 2.05) is 47.9 Å². The molecule has 7 nitrogen and oxygen atoms in total. The van der Waals surface area contributed by atoms with Crippen molar-refractivity contribution in [1.82, 2.24) is 24.7 Å². The number of nitrogens with zero attached hydrogens (tertiary/aromatic N) is 4. The Morgan fingerprint density at radius 1 is 1.13 bits per heavy atom. The second kappa shape index (κ2) is 8.05. The van der Waals surface area contributed by atoms with Gasteiger partial charge in [0.1, 0.15) is 11.6 Å². The molecule has 9 heteroatoms. The molecule has 1 N–H and O–H groups in total. The van der Waals surface area contributed by atoms with Crippen LogP contribution < -0.4 is 5.56 Å². The van der Waals surface area contributed by atoms with Crippen molar-refractivity contribution < 1.29 is 4.42 Å². The van der Waals surface area contributed by atoms with E-state index < -0.39 is 0 Å².